The maximum atomic E-state index is 12.7. The molecule has 0 atom stereocenters. The molecule has 1 fully saturated rings. The molecule has 0 spiro atoms. The Hall–Kier alpha value is -2.83. The average molecular weight is 443 g/mol. The molecule has 1 aliphatic heterocycles. The minimum Gasteiger partial charge on any atom is -0.483 e. The van der Waals surface area contributed by atoms with E-state index in [9.17, 15) is 4.79 Å². The first kappa shape index (κ1) is 20.4. The van der Waals surface area contributed by atoms with Crippen molar-refractivity contribution in [1.82, 2.24) is 9.88 Å². The van der Waals surface area contributed by atoms with Crippen molar-refractivity contribution < 1.29 is 9.53 Å². The molecule has 4 rings (SSSR count). The first-order valence-corrected chi connectivity index (χ1v) is 10.3. The van der Waals surface area contributed by atoms with Gasteiger partial charge in [-0.3, -0.25) is 9.78 Å². The number of fused-ring (bicyclic) bond motifs is 1. The first-order valence-electron chi connectivity index (χ1n) is 9.55. The number of carbonyl (C=O) groups excluding carboxylic acids is 1. The Morgan fingerprint density at radius 1 is 1.03 bits per heavy atom. The molecule has 8 heteroatoms. The van der Waals surface area contributed by atoms with E-state index in [2.05, 4.69) is 9.88 Å². The Bertz CT molecular complexity index is 1080. The summed E-state index contributed by atoms with van der Waals surface area (Å²) < 4.78 is 5.85. The van der Waals surface area contributed by atoms with Crippen molar-refractivity contribution in [1.29, 1.82) is 5.41 Å². The van der Waals surface area contributed by atoms with Crippen LogP contribution in [-0.2, 0) is 4.79 Å². The number of hydrogen-bond donors (Lipinski definition) is 1. The van der Waals surface area contributed by atoms with Gasteiger partial charge in [-0.2, -0.15) is 0 Å². The highest BCUT2D eigenvalue weighted by Gasteiger charge is 2.24. The van der Waals surface area contributed by atoms with Gasteiger partial charge in [-0.25, -0.2) is 0 Å². The number of rotatable bonds is 5. The minimum absolute atomic E-state index is 0.0370. The van der Waals surface area contributed by atoms with Gasteiger partial charge in [0, 0.05) is 55.7 Å². The highest BCUT2D eigenvalue weighted by molar-refractivity contribution is 6.38. The van der Waals surface area contributed by atoms with E-state index in [0.29, 0.717) is 42.0 Å². The monoisotopic (exact) mass is 442 g/mol. The fourth-order valence-electron chi connectivity index (χ4n) is 3.66. The molecule has 0 saturated carbocycles. The number of aromatic nitrogens is 1. The third-order valence-corrected chi connectivity index (χ3v) is 5.75. The molecule has 6 nitrogen and oxygen atoms in total. The fraction of sp³-hybridized carbons (Fsp3) is 0.227. The second-order valence-corrected chi connectivity index (χ2v) is 7.77. The molecule has 2 aromatic carbocycles. The third-order valence-electron chi connectivity index (χ3n) is 5.20. The SMILES string of the molecule is N=Cc1ccc(OCC(=O)N2CCN(c3c(Cl)cncc3Cl)CC2)c2ccccc12. The number of piperazine rings is 1. The van der Waals surface area contributed by atoms with Crippen LogP contribution in [0.15, 0.2) is 48.8 Å². The van der Waals surface area contributed by atoms with Crippen LogP contribution in [0.25, 0.3) is 10.8 Å². The molecule has 1 amide bonds. The predicted molar refractivity (Wildman–Crippen MR) is 120 cm³/mol. The van der Waals surface area contributed by atoms with Crippen molar-refractivity contribution in [3.8, 4) is 5.75 Å². The summed E-state index contributed by atoms with van der Waals surface area (Å²) in [5.74, 6) is 0.570. The lowest BCUT2D eigenvalue weighted by Gasteiger charge is -2.36. The number of benzene rings is 2. The standard InChI is InChI=1S/C22H20Cl2N4O2/c23-18-12-26-13-19(24)22(18)28-9-7-27(8-10-28)21(29)14-30-20-6-5-15(11-25)16-3-1-2-4-17(16)20/h1-6,11-13,25H,7-10,14H2. The van der Waals surface area contributed by atoms with Gasteiger partial charge >= 0.3 is 0 Å². The van der Waals surface area contributed by atoms with Gasteiger partial charge in [0.15, 0.2) is 6.61 Å². The molecule has 1 N–H and O–H groups in total. The normalized spacial score (nSPS) is 14.1. The van der Waals surface area contributed by atoms with E-state index in [1.165, 1.54) is 6.21 Å². The summed E-state index contributed by atoms with van der Waals surface area (Å²) in [5, 5.41) is 10.4. The molecule has 0 bridgehead atoms. The number of carbonyl (C=O) groups is 1. The molecule has 2 heterocycles. The van der Waals surface area contributed by atoms with Crippen LogP contribution in [0, 0.1) is 5.41 Å². The Morgan fingerprint density at radius 2 is 1.70 bits per heavy atom. The quantitative estimate of drug-likeness (QED) is 0.599. The van der Waals surface area contributed by atoms with Gasteiger partial charge < -0.3 is 19.9 Å². The van der Waals surface area contributed by atoms with Crippen molar-refractivity contribution in [3.05, 3.63) is 64.4 Å². The molecule has 0 unspecified atom stereocenters. The number of pyridine rings is 1. The van der Waals surface area contributed by atoms with Crippen LogP contribution in [0.4, 0.5) is 5.69 Å². The lowest BCUT2D eigenvalue weighted by Crippen LogP contribution is -2.50. The molecule has 154 valence electrons. The van der Waals surface area contributed by atoms with E-state index in [1.807, 2.05) is 30.3 Å². The lowest BCUT2D eigenvalue weighted by molar-refractivity contribution is -0.133. The van der Waals surface area contributed by atoms with Gasteiger partial charge in [-0.1, -0.05) is 47.5 Å². The van der Waals surface area contributed by atoms with Crippen LogP contribution in [0.5, 0.6) is 5.75 Å². The topological polar surface area (TPSA) is 69.5 Å². The predicted octanol–water partition coefficient (Wildman–Crippen LogP) is 4.27. The largest absolute Gasteiger partial charge is 0.483 e. The van der Waals surface area contributed by atoms with Crippen LogP contribution in [0.3, 0.4) is 0 Å². The van der Waals surface area contributed by atoms with Crippen LogP contribution in [0.2, 0.25) is 10.0 Å². The van der Waals surface area contributed by atoms with E-state index < -0.39 is 0 Å². The summed E-state index contributed by atoms with van der Waals surface area (Å²) in [6, 6.07) is 11.4. The Morgan fingerprint density at radius 3 is 2.37 bits per heavy atom. The molecule has 3 aromatic rings. The Labute approximate surface area is 184 Å². The minimum atomic E-state index is -0.0678. The maximum Gasteiger partial charge on any atom is 0.260 e. The van der Waals surface area contributed by atoms with Crippen LogP contribution in [0.1, 0.15) is 5.56 Å². The number of amides is 1. The first-order chi connectivity index (χ1) is 14.6. The van der Waals surface area contributed by atoms with E-state index in [1.54, 1.807) is 23.4 Å². The third kappa shape index (κ3) is 4.06. The van der Waals surface area contributed by atoms with Crippen LogP contribution < -0.4 is 9.64 Å². The van der Waals surface area contributed by atoms with E-state index in [-0.39, 0.29) is 12.5 Å². The van der Waals surface area contributed by atoms with E-state index in [0.717, 1.165) is 22.0 Å². The summed E-state index contributed by atoms with van der Waals surface area (Å²) in [5.41, 5.74) is 1.57. The molecule has 1 saturated heterocycles. The molecular weight excluding hydrogens is 423 g/mol. The molecule has 0 radical (unpaired) electrons. The van der Waals surface area contributed by atoms with Gasteiger partial charge in [0.05, 0.1) is 15.7 Å². The summed E-state index contributed by atoms with van der Waals surface area (Å²) in [7, 11) is 0. The second kappa shape index (κ2) is 8.90. The smallest absolute Gasteiger partial charge is 0.260 e. The van der Waals surface area contributed by atoms with Gasteiger partial charge in [0.25, 0.3) is 5.91 Å². The summed E-state index contributed by atoms with van der Waals surface area (Å²) in [6.07, 6.45) is 4.46. The van der Waals surface area contributed by atoms with Crippen molar-refractivity contribution in [3.63, 3.8) is 0 Å². The van der Waals surface area contributed by atoms with Crippen LogP contribution in [-0.4, -0.2) is 54.8 Å². The fourth-order valence-corrected chi connectivity index (χ4v) is 4.27. The maximum absolute atomic E-state index is 12.7. The van der Waals surface area contributed by atoms with Crippen molar-refractivity contribution >= 4 is 51.8 Å². The molecule has 0 aliphatic carbocycles. The number of ether oxygens (including phenoxy) is 1. The zero-order valence-electron chi connectivity index (χ0n) is 16.1. The lowest BCUT2D eigenvalue weighted by atomic mass is 10.0. The number of nitrogens with zero attached hydrogens (tertiary/aromatic N) is 3. The van der Waals surface area contributed by atoms with Gasteiger partial charge in [-0.05, 0) is 17.5 Å². The van der Waals surface area contributed by atoms with Crippen molar-refractivity contribution in [2.24, 2.45) is 0 Å². The summed E-state index contributed by atoms with van der Waals surface area (Å²) in [4.78, 5) is 20.5. The molecular formula is C22H20Cl2N4O2. The van der Waals surface area contributed by atoms with E-state index in [4.69, 9.17) is 33.3 Å². The number of anilines is 1. The van der Waals surface area contributed by atoms with Crippen LogP contribution >= 0.6 is 23.2 Å². The van der Waals surface area contributed by atoms with Crippen molar-refractivity contribution in [2.45, 2.75) is 0 Å². The number of hydrogen-bond acceptors (Lipinski definition) is 5. The highest BCUT2D eigenvalue weighted by Crippen LogP contribution is 2.33. The zero-order valence-corrected chi connectivity index (χ0v) is 17.7. The molecule has 30 heavy (non-hydrogen) atoms. The Balaban J connectivity index is 1.39. The number of halogens is 2. The highest BCUT2D eigenvalue weighted by atomic mass is 35.5. The molecule has 1 aromatic heterocycles. The summed E-state index contributed by atoms with van der Waals surface area (Å²) in [6.45, 7) is 2.35. The van der Waals surface area contributed by atoms with Crippen molar-refractivity contribution in [2.75, 3.05) is 37.7 Å². The van der Waals surface area contributed by atoms with E-state index >= 15 is 0 Å². The molecule has 1 aliphatic rings. The second-order valence-electron chi connectivity index (χ2n) is 6.95. The average Bonchev–Trinajstić information content (AvgIpc) is 2.77. The zero-order chi connectivity index (χ0) is 21.1. The Kier molecular flexibility index (Phi) is 6.06. The summed E-state index contributed by atoms with van der Waals surface area (Å²) >= 11 is 12.5. The number of nitrogens with one attached hydrogen (secondary N) is 1. The van der Waals surface area contributed by atoms with Gasteiger partial charge in [-0.15, -0.1) is 0 Å². The van der Waals surface area contributed by atoms with Gasteiger partial charge in [0.1, 0.15) is 5.75 Å². The van der Waals surface area contributed by atoms with Gasteiger partial charge in [0.2, 0.25) is 0 Å².